The minimum Gasteiger partial charge on any atom is -0.759 e. The van der Waals surface area contributed by atoms with Gasteiger partial charge in [-0.2, -0.15) is 0 Å². The van der Waals surface area contributed by atoms with E-state index in [1.54, 1.807) is 0 Å². The fourth-order valence-electron chi connectivity index (χ4n) is 0. The number of rotatable bonds is 0. The summed E-state index contributed by atoms with van der Waals surface area (Å²) >= 11 is 0. The molecule has 0 aliphatic rings. The molecular formula is CaCdCuO16S4Zn. The topological polar surface area (TPSA) is 321 Å². The van der Waals surface area contributed by atoms with E-state index in [0.717, 1.165) is 0 Å². The van der Waals surface area contributed by atoms with Crippen molar-refractivity contribution in [2.75, 3.05) is 0 Å². The van der Waals surface area contributed by atoms with E-state index in [4.69, 9.17) is 70.1 Å². The van der Waals surface area contributed by atoms with Crippen LogP contribution >= 0.6 is 0 Å². The number of hydrogen-bond donors (Lipinski definition) is 0. The molecule has 0 aromatic rings. The molecule has 0 aliphatic heterocycles. The van der Waals surface area contributed by atoms with Crippen LogP contribution in [0.1, 0.15) is 0 Å². The zero-order valence-corrected chi connectivity index (χ0v) is 24.0. The van der Waals surface area contributed by atoms with E-state index in [1.165, 1.54) is 0 Å². The van der Waals surface area contributed by atoms with Crippen LogP contribution in [-0.2, 0) is 105 Å². The van der Waals surface area contributed by atoms with Gasteiger partial charge in [0.05, 0.1) is 0 Å². The molecule has 24 heavy (non-hydrogen) atoms. The summed E-state index contributed by atoms with van der Waals surface area (Å²) in [4.78, 5) is 0. The van der Waals surface area contributed by atoms with Crippen LogP contribution in [0, 0.1) is 0 Å². The van der Waals surface area contributed by atoms with Crippen molar-refractivity contribution in [2.45, 2.75) is 0 Å². The Hall–Kier alpha value is 2.80. The summed E-state index contributed by atoms with van der Waals surface area (Å²) < 4.78 is 136. The third kappa shape index (κ3) is 1790. The van der Waals surface area contributed by atoms with Gasteiger partial charge in [-0.3, -0.25) is 33.7 Å². The first-order valence-electron chi connectivity index (χ1n) is 2.67. The van der Waals surface area contributed by atoms with Crippen LogP contribution < -0.4 is 0 Å². The van der Waals surface area contributed by atoms with Gasteiger partial charge in [-0.05, 0) is 0 Å². The van der Waals surface area contributed by atoms with Gasteiger partial charge >= 0.3 is 102 Å². The van der Waals surface area contributed by atoms with E-state index >= 15 is 0 Å². The molecule has 0 aliphatic carbocycles. The van der Waals surface area contributed by atoms with Crippen LogP contribution in [0.15, 0.2) is 0 Å². The van der Waals surface area contributed by atoms with Gasteiger partial charge in [-0.25, -0.2) is 0 Å². The van der Waals surface area contributed by atoms with Crippen molar-refractivity contribution in [3.63, 3.8) is 0 Å². The van der Waals surface area contributed by atoms with Gasteiger partial charge in [-0.15, -0.1) is 0 Å². The molecule has 0 aromatic heterocycles. The van der Waals surface area contributed by atoms with Gasteiger partial charge < -0.3 is 36.4 Å². The summed E-state index contributed by atoms with van der Waals surface area (Å²) in [5.41, 5.74) is 0. The van der Waals surface area contributed by atoms with Crippen molar-refractivity contribution in [2.24, 2.45) is 0 Å². The zero-order chi connectivity index (χ0) is 18.0. The van der Waals surface area contributed by atoms with Crippen LogP contribution in [0.3, 0.4) is 0 Å². The van der Waals surface area contributed by atoms with Gasteiger partial charge in [0.25, 0.3) is 0 Å². The van der Waals surface area contributed by atoms with Crippen molar-refractivity contribution in [3.05, 3.63) is 0 Å². The summed E-state index contributed by atoms with van der Waals surface area (Å²) in [6, 6.07) is 0. The summed E-state index contributed by atoms with van der Waals surface area (Å²) in [6.45, 7) is 0. The molecule has 16 nitrogen and oxygen atoms in total. The summed E-state index contributed by atoms with van der Waals surface area (Å²) in [5, 5.41) is 0. The smallest absolute Gasteiger partial charge is 0.759 e. The van der Waals surface area contributed by atoms with Gasteiger partial charge in [0.2, 0.25) is 0 Å². The minimum atomic E-state index is -5.17. The third-order valence-electron chi connectivity index (χ3n) is 0. The van der Waals surface area contributed by atoms with Crippen LogP contribution in [-0.4, -0.2) is 108 Å². The maximum Gasteiger partial charge on any atom is 2.00 e. The predicted octanol–water partition coefficient (Wildman–Crippen LogP) is -5.74. The van der Waals surface area contributed by atoms with Crippen molar-refractivity contribution in [1.82, 2.24) is 0 Å². The first-order valence-corrected chi connectivity index (χ1v) is 8.00. The zero-order valence-electron chi connectivity index (χ0n) is 10.6. The normalized spacial score (nSPS) is 9.67. The summed E-state index contributed by atoms with van der Waals surface area (Å²) in [6.07, 6.45) is 0. The van der Waals surface area contributed by atoms with E-state index in [0.29, 0.717) is 0 Å². The Morgan fingerprint density at radius 1 is 0.417 bits per heavy atom. The Bertz CT molecular complexity index is 491. The largest absolute Gasteiger partial charge is 2.00 e. The molecule has 0 rings (SSSR count). The standard InChI is InChI=1S/Ca.Cd.Cu.4H2O4S.Zn/c;;;4*1-5(2,3)4;/h;;;4*(H2,1,2,3,4);/q3*+2;;;;;+2/p-8. The van der Waals surface area contributed by atoms with E-state index in [9.17, 15) is 0 Å². The Balaban J connectivity index is -0.0000000225. The molecular weight excluding hydrogens is 666 g/mol. The second-order valence-electron chi connectivity index (χ2n) is 1.63. The minimum absolute atomic E-state index is 0. The summed E-state index contributed by atoms with van der Waals surface area (Å²) in [5.74, 6) is 0. The first-order chi connectivity index (χ1) is 8.00. The molecule has 0 saturated heterocycles. The fraction of sp³-hybridized carbons (Fsp3) is 0. The molecule has 0 heterocycles. The van der Waals surface area contributed by atoms with E-state index in [2.05, 4.69) is 0 Å². The molecule has 0 unspecified atom stereocenters. The van der Waals surface area contributed by atoms with Crippen LogP contribution in [0.4, 0.5) is 0 Å². The van der Waals surface area contributed by atoms with Crippen LogP contribution in [0.25, 0.3) is 0 Å². The van der Waals surface area contributed by atoms with E-state index in [1.807, 2.05) is 0 Å². The molecule has 137 valence electrons. The molecule has 0 atom stereocenters. The molecule has 0 bridgehead atoms. The predicted molar refractivity (Wildman–Crippen MR) is 47.7 cm³/mol. The monoisotopic (exact) mass is 665 g/mol. The number of hydrogen-bond acceptors (Lipinski definition) is 16. The van der Waals surface area contributed by atoms with Crippen molar-refractivity contribution in [1.29, 1.82) is 0 Å². The van der Waals surface area contributed by atoms with E-state index in [-0.39, 0.29) is 102 Å². The molecule has 0 fully saturated rings. The molecule has 0 N–H and O–H groups in total. The Morgan fingerprint density at radius 2 is 0.417 bits per heavy atom. The quantitative estimate of drug-likeness (QED) is 0.132. The second kappa shape index (κ2) is 22.1. The molecule has 0 saturated carbocycles. The molecule has 24 heteroatoms. The fourth-order valence-corrected chi connectivity index (χ4v) is 0. The maximum absolute atomic E-state index is 8.52. The van der Waals surface area contributed by atoms with Crippen LogP contribution in [0.2, 0.25) is 0 Å². The Labute approximate surface area is 210 Å². The maximum atomic E-state index is 8.52. The van der Waals surface area contributed by atoms with Gasteiger partial charge in [0.1, 0.15) is 0 Å². The second-order valence-corrected chi connectivity index (χ2v) is 4.90. The van der Waals surface area contributed by atoms with E-state index < -0.39 is 41.6 Å². The van der Waals surface area contributed by atoms with Crippen LogP contribution in [0.5, 0.6) is 0 Å². The average molecular weight is 666 g/mol. The van der Waals surface area contributed by atoms with Gasteiger partial charge in [0, 0.05) is 41.6 Å². The van der Waals surface area contributed by atoms with Crippen molar-refractivity contribution < 1.29 is 134 Å². The molecule has 0 amide bonds. The van der Waals surface area contributed by atoms with Gasteiger partial charge in [0.15, 0.2) is 0 Å². The van der Waals surface area contributed by atoms with Crippen molar-refractivity contribution in [3.8, 4) is 0 Å². The van der Waals surface area contributed by atoms with Crippen molar-refractivity contribution >= 4 is 79.3 Å². The SMILES string of the molecule is O=S(=O)([O-])[O-].O=S(=O)([O-])[O-].O=S(=O)([O-])[O-].O=S(=O)([O-])[O-].[Ca+2].[Cd+2].[Cu+2].[Zn+2]. The molecule has 0 spiro atoms. The Morgan fingerprint density at radius 3 is 0.417 bits per heavy atom. The molecule has 1 radical (unpaired) electrons. The third-order valence-corrected chi connectivity index (χ3v) is 0. The molecule has 0 aromatic carbocycles. The average Bonchev–Trinajstić information content (AvgIpc) is 1.62. The van der Waals surface area contributed by atoms with Gasteiger partial charge in [-0.1, -0.05) is 0 Å². The first kappa shape index (κ1) is 50.5. The summed E-state index contributed by atoms with van der Waals surface area (Å²) in [7, 11) is -20.7. The Kier molecular flexibility index (Phi) is 46.5.